The molecular weight excluding hydrogens is 320 g/mol. The Balaban J connectivity index is 2.33. The molecule has 0 aromatic carbocycles. The highest BCUT2D eigenvalue weighted by atomic mass is 32.1. The highest BCUT2D eigenvalue weighted by Crippen LogP contribution is 2.30. The summed E-state index contributed by atoms with van der Waals surface area (Å²) < 4.78 is 0. The Bertz CT molecular complexity index is 677. The molecule has 0 aliphatic rings. The number of thiophene rings is 1. The summed E-state index contributed by atoms with van der Waals surface area (Å²) in [6, 6.07) is 2.53. The second-order valence-corrected chi connectivity index (χ2v) is 7.30. The maximum atomic E-state index is 12.7. The minimum absolute atomic E-state index is 0.239. The minimum atomic E-state index is -1.04. The maximum absolute atomic E-state index is 12.7. The maximum Gasteiger partial charge on any atom is 0.331 e. The van der Waals surface area contributed by atoms with E-state index in [0.717, 1.165) is 5.01 Å². The van der Waals surface area contributed by atoms with Gasteiger partial charge in [-0.15, -0.1) is 22.7 Å². The number of carboxylic acids is 1. The van der Waals surface area contributed by atoms with E-state index in [-0.39, 0.29) is 11.8 Å². The van der Waals surface area contributed by atoms with Gasteiger partial charge in [0.15, 0.2) is 6.04 Å². The third-order valence-electron chi connectivity index (χ3n) is 3.26. The Morgan fingerprint density at radius 3 is 2.50 bits per heavy atom. The van der Waals surface area contributed by atoms with Crippen molar-refractivity contribution in [1.29, 1.82) is 0 Å². The first kappa shape index (κ1) is 16.6. The highest BCUT2D eigenvalue weighted by molar-refractivity contribution is 7.14. The van der Waals surface area contributed by atoms with Crippen LogP contribution in [0.25, 0.3) is 0 Å². The van der Waals surface area contributed by atoms with Crippen molar-refractivity contribution in [2.75, 3.05) is 7.05 Å². The first-order valence-electron chi connectivity index (χ1n) is 6.83. The van der Waals surface area contributed by atoms with Crippen molar-refractivity contribution in [3.63, 3.8) is 0 Å². The third-order valence-corrected chi connectivity index (χ3v) is 5.63. The van der Waals surface area contributed by atoms with Crippen molar-refractivity contribution in [3.05, 3.63) is 38.0 Å². The zero-order valence-electron chi connectivity index (χ0n) is 12.9. The van der Waals surface area contributed by atoms with E-state index in [2.05, 4.69) is 4.98 Å². The van der Waals surface area contributed by atoms with Crippen LogP contribution in [0, 0.1) is 6.92 Å². The van der Waals surface area contributed by atoms with Crippen LogP contribution in [0.15, 0.2) is 17.5 Å². The van der Waals surface area contributed by atoms with Gasteiger partial charge in [0, 0.05) is 17.8 Å². The summed E-state index contributed by atoms with van der Waals surface area (Å²) >= 11 is 2.67. The van der Waals surface area contributed by atoms with Crippen LogP contribution in [0.1, 0.15) is 51.1 Å². The lowest BCUT2D eigenvalue weighted by Crippen LogP contribution is -2.35. The minimum Gasteiger partial charge on any atom is -0.479 e. The topological polar surface area (TPSA) is 70.5 Å². The number of carboxylic acid groups (broad SMARTS) is 1. The van der Waals surface area contributed by atoms with Crippen LogP contribution in [-0.4, -0.2) is 33.9 Å². The second-order valence-electron chi connectivity index (χ2n) is 5.29. The van der Waals surface area contributed by atoms with Crippen molar-refractivity contribution >= 4 is 34.6 Å². The first-order valence-corrected chi connectivity index (χ1v) is 8.53. The number of thiazole rings is 1. The van der Waals surface area contributed by atoms with Crippen molar-refractivity contribution in [2.45, 2.75) is 32.7 Å². The Morgan fingerprint density at radius 1 is 1.36 bits per heavy atom. The number of hydrogen-bond acceptors (Lipinski definition) is 5. The number of hydrogen-bond donors (Lipinski definition) is 1. The molecule has 0 unspecified atom stereocenters. The average Bonchev–Trinajstić information content (AvgIpc) is 3.07. The van der Waals surface area contributed by atoms with E-state index in [1.165, 1.54) is 34.6 Å². The van der Waals surface area contributed by atoms with E-state index in [4.69, 9.17) is 0 Å². The molecule has 1 atom stereocenters. The Morgan fingerprint density at radius 2 is 2.05 bits per heavy atom. The smallest absolute Gasteiger partial charge is 0.331 e. The molecule has 0 aliphatic carbocycles. The fourth-order valence-electron chi connectivity index (χ4n) is 2.07. The molecule has 7 heteroatoms. The number of amides is 1. The number of carbonyl (C=O) groups is 2. The molecule has 5 nitrogen and oxygen atoms in total. The summed E-state index contributed by atoms with van der Waals surface area (Å²) in [5.74, 6) is -1.10. The fourth-order valence-corrected chi connectivity index (χ4v) is 3.98. The Labute approximate surface area is 137 Å². The molecule has 2 aromatic heterocycles. The van der Waals surface area contributed by atoms with Crippen molar-refractivity contribution in [2.24, 2.45) is 0 Å². The number of aryl methyl sites for hydroxylation is 1. The predicted octanol–water partition coefficient (Wildman–Crippen LogP) is 3.53. The molecule has 0 spiro atoms. The number of aromatic nitrogens is 1. The molecular formula is C15H18N2O3S2. The van der Waals surface area contributed by atoms with Crippen molar-refractivity contribution < 1.29 is 14.7 Å². The van der Waals surface area contributed by atoms with E-state index >= 15 is 0 Å². The van der Waals surface area contributed by atoms with Crippen LogP contribution in [0.5, 0.6) is 0 Å². The molecule has 0 aliphatic heterocycles. The molecule has 0 saturated heterocycles. The molecule has 2 heterocycles. The fraction of sp³-hybridized carbons (Fsp3) is 0.400. The highest BCUT2D eigenvalue weighted by Gasteiger charge is 2.31. The Kier molecular flexibility index (Phi) is 4.97. The molecule has 2 aromatic rings. The van der Waals surface area contributed by atoms with Crippen LogP contribution in [0.2, 0.25) is 0 Å². The van der Waals surface area contributed by atoms with E-state index < -0.39 is 12.0 Å². The lowest BCUT2D eigenvalue weighted by Gasteiger charge is -2.23. The normalized spacial score (nSPS) is 12.4. The van der Waals surface area contributed by atoms with Crippen LogP contribution in [-0.2, 0) is 4.79 Å². The summed E-state index contributed by atoms with van der Waals surface area (Å²) in [5, 5.41) is 12.2. The molecule has 1 amide bonds. The molecule has 2 rings (SSSR count). The molecule has 118 valence electrons. The van der Waals surface area contributed by atoms with Crippen LogP contribution < -0.4 is 0 Å². The lowest BCUT2D eigenvalue weighted by atomic mass is 10.2. The molecule has 0 radical (unpaired) electrons. The molecule has 22 heavy (non-hydrogen) atoms. The number of likely N-dealkylation sites (N-methyl/N-ethyl adjacent to an activating group) is 1. The number of nitrogens with zero attached hydrogens (tertiary/aromatic N) is 2. The zero-order chi connectivity index (χ0) is 16.4. The van der Waals surface area contributed by atoms with Crippen LogP contribution in [0.4, 0.5) is 0 Å². The summed E-state index contributed by atoms with van der Waals surface area (Å²) in [7, 11) is 1.52. The van der Waals surface area contributed by atoms with Crippen LogP contribution in [0.3, 0.4) is 0 Å². The van der Waals surface area contributed by atoms with Crippen molar-refractivity contribution in [1.82, 2.24) is 9.88 Å². The second kappa shape index (κ2) is 6.58. The van der Waals surface area contributed by atoms with Gasteiger partial charge in [0.25, 0.3) is 5.91 Å². The summed E-state index contributed by atoms with van der Waals surface area (Å²) in [6.07, 6.45) is 0. The summed E-state index contributed by atoms with van der Waals surface area (Å²) in [4.78, 5) is 31.1. The van der Waals surface area contributed by atoms with Gasteiger partial charge in [-0.1, -0.05) is 19.9 Å². The monoisotopic (exact) mass is 338 g/mol. The molecule has 0 fully saturated rings. The van der Waals surface area contributed by atoms with E-state index in [9.17, 15) is 14.7 Å². The van der Waals surface area contributed by atoms with E-state index in [1.807, 2.05) is 13.8 Å². The largest absolute Gasteiger partial charge is 0.479 e. The summed E-state index contributed by atoms with van der Waals surface area (Å²) in [6.45, 7) is 5.81. The van der Waals surface area contributed by atoms with E-state index in [1.54, 1.807) is 24.4 Å². The number of carbonyl (C=O) groups excluding carboxylic acids is 1. The predicted molar refractivity (Wildman–Crippen MR) is 87.7 cm³/mol. The van der Waals surface area contributed by atoms with Gasteiger partial charge in [-0.2, -0.15) is 0 Å². The first-order chi connectivity index (χ1) is 10.3. The summed E-state index contributed by atoms with van der Waals surface area (Å²) in [5.41, 5.74) is 0.654. The van der Waals surface area contributed by atoms with Gasteiger partial charge in [0.2, 0.25) is 0 Å². The van der Waals surface area contributed by atoms with Gasteiger partial charge in [-0.05, 0) is 18.4 Å². The van der Waals surface area contributed by atoms with Crippen LogP contribution >= 0.6 is 22.7 Å². The quantitative estimate of drug-likeness (QED) is 0.905. The van der Waals surface area contributed by atoms with Crippen molar-refractivity contribution in [3.8, 4) is 0 Å². The van der Waals surface area contributed by atoms with Gasteiger partial charge in [-0.25, -0.2) is 9.78 Å². The lowest BCUT2D eigenvalue weighted by molar-refractivity contribution is -0.142. The van der Waals surface area contributed by atoms with Gasteiger partial charge in [0.1, 0.15) is 4.88 Å². The number of aliphatic carboxylic acids is 1. The van der Waals surface area contributed by atoms with E-state index in [0.29, 0.717) is 15.4 Å². The van der Waals surface area contributed by atoms with Gasteiger partial charge >= 0.3 is 5.97 Å². The van der Waals surface area contributed by atoms with Gasteiger partial charge < -0.3 is 10.0 Å². The zero-order valence-corrected chi connectivity index (χ0v) is 14.5. The standard InChI is InChI=1S/C15H18N2O3S2/c1-8(2)13-16-9(3)12(22-13)14(18)17(4)11(15(19)20)10-6-5-7-21-10/h5-8,11H,1-4H3,(H,19,20)/t11-/m0/s1. The average molecular weight is 338 g/mol. The SMILES string of the molecule is Cc1nc(C(C)C)sc1C(=O)N(C)[C@H](C(=O)O)c1cccs1. The molecule has 0 bridgehead atoms. The third kappa shape index (κ3) is 3.20. The molecule has 0 saturated carbocycles. The number of rotatable bonds is 5. The van der Waals surface area contributed by atoms with Gasteiger partial charge in [0.05, 0.1) is 10.7 Å². The Hall–Kier alpha value is -1.73. The molecule has 1 N–H and O–H groups in total. The van der Waals surface area contributed by atoms with Gasteiger partial charge in [-0.3, -0.25) is 4.79 Å².